The Morgan fingerprint density at radius 2 is 2.16 bits per heavy atom. The summed E-state index contributed by atoms with van der Waals surface area (Å²) in [4.78, 5) is 0. The molecule has 9 heteroatoms. The summed E-state index contributed by atoms with van der Waals surface area (Å²) < 4.78 is 4.37. The average molecular weight is 263 g/mol. The Hall–Kier alpha value is -3.10. The molecular formula is C10H11N6O3+. The molecule has 0 radical (unpaired) electrons. The number of amidine groups is 1. The van der Waals surface area contributed by atoms with Crippen molar-refractivity contribution >= 4 is 17.9 Å². The van der Waals surface area contributed by atoms with Crippen LogP contribution in [0.25, 0.3) is 0 Å². The predicted molar refractivity (Wildman–Crippen MR) is 65.3 cm³/mol. The van der Waals surface area contributed by atoms with Crippen molar-refractivity contribution < 1.29 is 19.9 Å². The lowest BCUT2D eigenvalue weighted by Crippen LogP contribution is -2.63. The number of nitrogens with zero attached hydrogens (tertiary/aromatic N) is 3. The zero-order chi connectivity index (χ0) is 13.8. The second-order valence-corrected chi connectivity index (χ2v) is 3.51. The van der Waals surface area contributed by atoms with Gasteiger partial charge in [-0.15, -0.1) is 5.10 Å². The summed E-state index contributed by atoms with van der Waals surface area (Å²) in [5, 5.41) is 31.7. The molecule has 9 nitrogen and oxygen atoms in total. The zero-order valence-corrected chi connectivity index (χ0v) is 9.61. The van der Waals surface area contributed by atoms with Gasteiger partial charge in [0.1, 0.15) is 11.5 Å². The van der Waals surface area contributed by atoms with Crippen molar-refractivity contribution in [2.45, 2.75) is 0 Å². The van der Waals surface area contributed by atoms with Crippen LogP contribution in [0.3, 0.4) is 0 Å². The van der Waals surface area contributed by atoms with Crippen molar-refractivity contribution in [1.82, 2.24) is 10.3 Å². The number of nitrogens with two attached hydrogens (primary N) is 2. The van der Waals surface area contributed by atoms with Crippen LogP contribution >= 0.6 is 0 Å². The third-order valence-electron chi connectivity index (χ3n) is 2.18. The third-order valence-corrected chi connectivity index (χ3v) is 2.18. The summed E-state index contributed by atoms with van der Waals surface area (Å²) in [6.45, 7) is 0. The number of hydrazone groups is 1. The van der Waals surface area contributed by atoms with Gasteiger partial charge < -0.3 is 21.7 Å². The van der Waals surface area contributed by atoms with Crippen molar-refractivity contribution in [3.8, 4) is 11.5 Å². The first-order chi connectivity index (χ1) is 9.08. The number of rotatable bonds is 3. The van der Waals surface area contributed by atoms with Crippen LogP contribution in [0, 0.1) is 0 Å². The molecule has 98 valence electrons. The highest BCUT2D eigenvalue weighted by Crippen LogP contribution is 2.19. The second kappa shape index (κ2) is 5.04. The second-order valence-electron chi connectivity index (χ2n) is 3.51. The molecule has 0 aliphatic heterocycles. The fraction of sp³-hybridized carbons (Fsp3) is 0. The van der Waals surface area contributed by atoms with Gasteiger partial charge in [-0.25, -0.2) is 4.63 Å². The number of phenols is 2. The van der Waals surface area contributed by atoms with Crippen LogP contribution in [-0.4, -0.2) is 32.6 Å². The van der Waals surface area contributed by atoms with Crippen LogP contribution in [-0.2, 0) is 0 Å². The number of phenolic OH excluding ortho intramolecular Hbond substituents is 2. The molecule has 0 spiro atoms. The highest BCUT2D eigenvalue weighted by atomic mass is 16.6. The molecule has 0 bridgehead atoms. The smallest absolute Gasteiger partial charge is 0.224 e. The Balaban J connectivity index is 2.17. The molecule has 0 aliphatic carbocycles. The molecule has 0 amide bonds. The third kappa shape index (κ3) is 2.77. The molecule has 2 aromatic rings. The maximum absolute atomic E-state index is 9.52. The van der Waals surface area contributed by atoms with Gasteiger partial charge in [-0.3, -0.25) is 0 Å². The van der Waals surface area contributed by atoms with E-state index in [1.165, 1.54) is 24.4 Å². The van der Waals surface area contributed by atoms with Crippen molar-refractivity contribution in [2.24, 2.45) is 10.8 Å². The van der Waals surface area contributed by atoms with Crippen LogP contribution < -0.4 is 16.6 Å². The number of aromatic hydroxyl groups is 2. The topological polar surface area (TPSA) is 158 Å². The van der Waals surface area contributed by atoms with Gasteiger partial charge in [0.25, 0.3) is 0 Å². The van der Waals surface area contributed by atoms with E-state index in [1.807, 2.05) is 0 Å². The molecule has 7 N–H and O–H groups in total. The maximum Gasteiger partial charge on any atom is 0.224 e. The summed E-state index contributed by atoms with van der Waals surface area (Å²) in [6.07, 6.45) is 1.38. The molecule has 0 aliphatic rings. The Morgan fingerprint density at radius 1 is 1.37 bits per heavy atom. The average Bonchev–Trinajstić information content (AvgIpc) is 2.78. The molecule has 0 saturated carbocycles. The van der Waals surface area contributed by atoms with E-state index in [-0.39, 0.29) is 28.8 Å². The van der Waals surface area contributed by atoms with Crippen LogP contribution in [0.1, 0.15) is 11.3 Å². The molecule has 1 aromatic heterocycles. The van der Waals surface area contributed by atoms with Gasteiger partial charge in [-0.2, -0.15) is 0 Å². The summed E-state index contributed by atoms with van der Waals surface area (Å²) >= 11 is 0. The maximum atomic E-state index is 9.52. The predicted octanol–water partition coefficient (Wildman–Crippen LogP) is -2.12. The standard InChI is InChI=1S/C10H10N6O3/c11-9(8-10(12)16-19-15-8)14-13-4-5-1-2-6(17)3-7(5)18/h1-4,17-18H,(H2,11,14)(H2,12,16)/p+1. The van der Waals surface area contributed by atoms with Gasteiger partial charge in [0.15, 0.2) is 11.5 Å². The molecule has 0 fully saturated rings. The van der Waals surface area contributed by atoms with Gasteiger partial charge >= 0.3 is 0 Å². The molecule has 0 saturated heterocycles. The van der Waals surface area contributed by atoms with Crippen LogP contribution in [0.15, 0.2) is 27.9 Å². The SMILES string of the molecule is NC(=N[NH+]=Cc1ccc(O)cc1O)c1nonc1N. The van der Waals surface area contributed by atoms with E-state index in [0.717, 1.165) is 0 Å². The van der Waals surface area contributed by atoms with E-state index in [0.29, 0.717) is 5.56 Å². The number of hydrogen-bond donors (Lipinski definition) is 5. The highest BCUT2D eigenvalue weighted by molar-refractivity contribution is 5.98. The minimum atomic E-state index is -0.108. The number of benzene rings is 1. The molecule has 1 aromatic carbocycles. The molecule has 2 rings (SSSR count). The van der Waals surface area contributed by atoms with Gasteiger partial charge in [0.05, 0.1) is 5.56 Å². The molecular weight excluding hydrogens is 252 g/mol. The Labute approximate surface area is 106 Å². The molecule has 19 heavy (non-hydrogen) atoms. The fourth-order valence-electron chi connectivity index (χ4n) is 1.25. The fourth-order valence-corrected chi connectivity index (χ4v) is 1.25. The van der Waals surface area contributed by atoms with E-state index in [9.17, 15) is 5.11 Å². The van der Waals surface area contributed by atoms with Crippen molar-refractivity contribution in [2.75, 3.05) is 5.73 Å². The lowest BCUT2D eigenvalue weighted by atomic mass is 10.2. The van der Waals surface area contributed by atoms with Gasteiger partial charge in [-0.05, 0) is 22.4 Å². The van der Waals surface area contributed by atoms with E-state index >= 15 is 0 Å². The number of hydrogen-bond acceptors (Lipinski definition) is 7. The zero-order valence-electron chi connectivity index (χ0n) is 9.61. The molecule has 0 unspecified atom stereocenters. The first kappa shape index (κ1) is 12.4. The van der Waals surface area contributed by atoms with Crippen LogP contribution in [0.5, 0.6) is 11.5 Å². The largest absolute Gasteiger partial charge is 0.508 e. The summed E-state index contributed by atoms with van der Waals surface area (Å²) in [5.41, 5.74) is 11.6. The van der Waals surface area contributed by atoms with Gasteiger partial charge in [0.2, 0.25) is 12.1 Å². The summed E-state index contributed by atoms with van der Waals surface area (Å²) in [7, 11) is 0. The molecule has 0 atom stereocenters. The van der Waals surface area contributed by atoms with Crippen molar-refractivity contribution in [1.29, 1.82) is 0 Å². The van der Waals surface area contributed by atoms with Crippen LogP contribution in [0.4, 0.5) is 5.82 Å². The quantitative estimate of drug-likeness (QED) is 0.240. The molecule has 1 heterocycles. The van der Waals surface area contributed by atoms with Crippen molar-refractivity contribution in [3.63, 3.8) is 0 Å². The van der Waals surface area contributed by atoms with E-state index < -0.39 is 0 Å². The first-order valence-corrected chi connectivity index (χ1v) is 5.10. The van der Waals surface area contributed by atoms with Crippen LogP contribution in [0.2, 0.25) is 0 Å². The Bertz CT molecular complexity index is 648. The van der Waals surface area contributed by atoms with Gasteiger partial charge in [0, 0.05) is 11.2 Å². The van der Waals surface area contributed by atoms with E-state index in [1.54, 1.807) is 0 Å². The summed E-state index contributed by atoms with van der Waals surface area (Å²) in [6, 6.07) is 4.11. The minimum absolute atomic E-state index is 0.0201. The van der Waals surface area contributed by atoms with Gasteiger partial charge in [-0.1, -0.05) is 0 Å². The van der Waals surface area contributed by atoms with E-state index in [2.05, 4.69) is 25.1 Å². The summed E-state index contributed by atoms with van der Waals surface area (Å²) in [5.74, 6) is -0.146. The Kier molecular flexibility index (Phi) is 3.28. The number of nitrogens with one attached hydrogen (secondary N) is 1. The van der Waals surface area contributed by atoms with Crippen molar-refractivity contribution in [3.05, 3.63) is 29.5 Å². The lowest BCUT2D eigenvalue weighted by molar-refractivity contribution is -0.456. The Morgan fingerprint density at radius 3 is 2.79 bits per heavy atom. The number of nitrogen functional groups attached to an aromatic ring is 1. The highest BCUT2D eigenvalue weighted by Gasteiger charge is 2.12. The monoisotopic (exact) mass is 263 g/mol. The normalized spacial score (nSPS) is 12.1. The minimum Gasteiger partial charge on any atom is -0.508 e. The van der Waals surface area contributed by atoms with E-state index in [4.69, 9.17) is 16.6 Å². The number of anilines is 1. The lowest BCUT2D eigenvalue weighted by Gasteiger charge is -1.95. The number of aromatic nitrogens is 2. The first-order valence-electron chi connectivity index (χ1n) is 5.10.